The highest BCUT2D eigenvalue weighted by molar-refractivity contribution is 5.01. The Labute approximate surface area is 124 Å². The Morgan fingerprint density at radius 3 is 2.86 bits per heavy atom. The molecule has 6 heteroatoms. The quantitative estimate of drug-likeness (QED) is 0.845. The summed E-state index contributed by atoms with van der Waals surface area (Å²) in [5.74, 6) is 0. The number of ether oxygens (including phenoxy) is 1. The molecule has 3 rings (SSSR count). The van der Waals surface area contributed by atoms with Crippen LogP contribution in [0.3, 0.4) is 0 Å². The molecule has 0 aliphatic carbocycles. The predicted octanol–water partition coefficient (Wildman–Crippen LogP) is 1.19. The van der Waals surface area contributed by atoms with Crippen LogP contribution in [0.25, 0.3) is 0 Å². The Kier molecular flexibility index (Phi) is 4.26. The number of morpholine rings is 1. The smallest absolute Gasteiger partial charge is 0.0898 e. The third kappa shape index (κ3) is 3.86. The van der Waals surface area contributed by atoms with Crippen molar-refractivity contribution in [3.8, 4) is 0 Å². The molecule has 6 nitrogen and oxygen atoms in total. The van der Waals surface area contributed by atoms with Crippen LogP contribution in [0.1, 0.15) is 17.0 Å². The fourth-order valence-electron chi connectivity index (χ4n) is 2.54. The summed E-state index contributed by atoms with van der Waals surface area (Å²) in [6.45, 7) is 8.21. The van der Waals surface area contributed by atoms with Gasteiger partial charge in [0.2, 0.25) is 0 Å². The molecule has 1 aliphatic rings. The molecule has 0 bridgehead atoms. The van der Waals surface area contributed by atoms with E-state index < -0.39 is 0 Å². The van der Waals surface area contributed by atoms with Crippen molar-refractivity contribution in [2.24, 2.45) is 0 Å². The molecule has 0 radical (unpaired) electrons. The summed E-state index contributed by atoms with van der Waals surface area (Å²) in [6.07, 6.45) is 7.78. The van der Waals surface area contributed by atoms with Gasteiger partial charge in [-0.05, 0) is 19.4 Å². The van der Waals surface area contributed by atoms with E-state index in [1.165, 1.54) is 5.56 Å². The first-order valence-corrected chi connectivity index (χ1v) is 7.29. The summed E-state index contributed by atoms with van der Waals surface area (Å²) in [4.78, 5) is 11.1. The molecule has 1 saturated heterocycles. The molecular formula is C15H21N5O. The van der Waals surface area contributed by atoms with Gasteiger partial charge in [-0.3, -0.25) is 19.5 Å². The summed E-state index contributed by atoms with van der Waals surface area (Å²) in [5.41, 5.74) is 3.14. The molecule has 2 aromatic rings. The molecule has 1 aliphatic heterocycles. The molecule has 21 heavy (non-hydrogen) atoms. The molecule has 1 atom stereocenters. The van der Waals surface area contributed by atoms with Gasteiger partial charge in [0, 0.05) is 38.2 Å². The fourth-order valence-corrected chi connectivity index (χ4v) is 2.54. The van der Waals surface area contributed by atoms with Crippen LogP contribution < -0.4 is 0 Å². The normalized spacial score (nSPS) is 19.8. The lowest BCUT2D eigenvalue weighted by molar-refractivity contribution is -0.0405. The average molecular weight is 287 g/mol. The van der Waals surface area contributed by atoms with Crippen LogP contribution in [-0.2, 0) is 17.8 Å². The largest absolute Gasteiger partial charge is 0.374 e. The van der Waals surface area contributed by atoms with Gasteiger partial charge in [0.15, 0.2) is 0 Å². The number of hydrogen-bond donors (Lipinski definition) is 0. The number of nitrogens with zero attached hydrogens (tertiary/aromatic N) is 5. The zero-order valence-electron chi connectivity index (χ0n) is 12.6. The molecule has 3 heterocycles. The van der Waals surface area contributed by atoms with E-state index in [9.17, 15) is 0 Å². The Morgan fingerprint density at radius 1 is 1.24 bits per heavy atom. The second kappa shape index (κ2) is 6.32. The zero-order valence-corrected chi connectivity index (χ0v) is 12.6. The third-order valence-electron chi connectivity index (χ3n) is 3.60. The highest BCUT2D eigenvalue weighted by atomic mass is 16.5. The SMILES string of the molecule is Cc1cnn(C[C@@H]2CN(Cc3cnc(C)cn3)CCO2)c1. The molecule has 0 unspecified atom stereocenters. The highest BCUT2D eigenvalue weighted by Crippen LogP contribution is 2.11. The van der Waals surface area contributed by atoms with Crippen LogP contribution in [0, 0.1) is 13.8 Å². The van der Waals surface area contributed by atoms with Crippen molar-refractivity contribution in [3.63, 3.8) is 0 Å². The fraction of sp³-hybridized carbons (Fsp3) is 0.533. The van der Waals surface area contributed by atoms with Gasteiger partial charge in [-0.2, -0.15) is 5.10 Å². The van der Waals surface area contributed by atoms with Crippen LogP contribution in [0.4, 0.5) is 0 Å². The van der Waals surface area contributed by atoms with Gasteiger partial charge in [-0.15, -0.1) is 0 Å². The zero-order chi connectivity index (χ0) is 14.7. The highest BCUT2D eigenvalue weighted by Gasteiger charge is 2.21. The van der Waals surface area contributed by atoms with Gasteiger partial charge in [-0.1, -0.05) is 0 Å². The molecule has 0 N–H and O–H groups in total. The molecule has 2 aromatic heterocycles. The van der Waals surface area contributed by atoms with Gasteiger partial charge in [0.1, 0.15) is 0 Å². The lowest BCUT2D eigenvalue weighted by Crippen LogP contribution is -2.43. The molecular weight excluding hydrogens is 266 g/mol. The number of aromatic nitrogens is 4. The first-order valence-electron chi connectivity index (χ1n) is 7.29. The van der Waals surface area contributed by atoms with Crippen molar-refractivity contribution in [2.45, 2.75) is 33.0 Å². The van der Waals surface area contributed by atoms with Crippen molar-refractivity contribution in [1.82, 2.24) is 24.6 Å². The van der Waals surface area contributed by atoms with Crippen molar-refractivity contribution >= 4 is 0 Å². The van der Waals surface area contributed by atoms with Crippen molar-refractivity contribution in [1.29, 1.82) is 0 Å². The maximum absolute atomic E-state index is 5.84. The second-order valence-electron chi connectivity index (χ2n) is 5.62. The van der Waals surface area contributed by atoms with E-state index in [1.54, 1.807) is 0 Å². The van der Waals surface area contributed by atoms with E-state index >= 15 is 0 Å². The first-order chi connectivity index (χ1) is 10.2. The lowest BCUT2D eigenvalue weighted by atomic mass is 10.2. The predicted molar refractivity (Wildman–Crippen MR) is 78.8 cm³/mol. The number of rotatable bonds is 4. The Bertz CT molecular complexity index is 580. The van der Waals surface area contributed by atoms with Crippen molar-refractivity contribution < 1.29 is 4.74 Å². The van der Waals surface area contributed by atoms with E-state index in [0.29, 0.717) is 0 Å². The van der Waals surface area contributed by atoms with E-state index in [4.69, 9.17) is 4.74 Å². The minimum absolute atomic E-state index is 0.177. The van der Waals surface area contributed by atoms with Gasteiger partial charge in [-0.25, -0.2) is 0 Å². The maximum atomic E-state index is 5.84. The van der Waals surface area contributed by atoms with Crippen LogP contribution in [0.2, 0.25) is 0 Å². The Balaban J connectivity index is 1.56. The summed E-state index contributed by atoms with van der Waals surface area (Å²) in [7, 11) is 0. The van der Waals surface area contributed by atoms with Crippen molar-refractivity contribution in [2.75, 3.05) is 19.7 Å². The minimum atomic E-state index is 0.177. The number of hydrogen-bond acceptors (Lipinski definition) is 5. The van der Waals surface area contributed by atoms with Crippen LogP contribution in [0.5, 0.6) is 0 Å². The number of aryl methyl sites for hydroxylation is 2. The van der Waals surface area contributed by atoms with Crippen LogP contribution in [0.15, 0.2) is 24.8 Å². The van der Waals surface area contributed by atoms with Crippen LogP contribution >= 0.6 is 0 Å². The molecule has 1 fully saturated rings. The topological polar surface area (TPSA) is 56.1 Å². The van der Waals surface area contributed by atoms with Crippen LogP contribution in [-0.4, -0.2) is 50.4 Å². The monoisotopic (exact) mass is 287 g/mol. The Hall–Kier alpha value is -1.79. The summed E-state index contributed by atoms with van der Waals surface area (Å²) in [5, 5.41) is 4.32. The average Bonchev–Trinajstić information content (AvgIpc) is 2.87. The summed E-state index contributed by atoms with van der Waals surface area (Å²) < 4.78 is 7.79. The molecule has 112 valence electrons. The van der Waals surface area contributed by atoms with E-state index in [-0.39, 0.29) is 6.10 Å². The van der Waals surface area contributed by atoms with E-state index in [0.717, 1.165) is 44.2 Å². The second-order valence-corrected chi connectivity index (χ2v) is 5.62. The summed E-state index contributed by atoms with van der Waals surface area (Å²) in [6, 6.07) is 0. The van der Waals surface area contributed by atoms with E-state index in [2.05, 4.69) is 20.0 Å². The van der Waals surface area contributed by atoms with Gasteiger partial charge in [0.05, 0.1) is 36.8 Å². The van der Waals surface area contributed by atoms with Crippen molar-refractivity contribution in [3.05, 3.63) is 41.7 Å². The van der Waals surface area contributed by atoms with Gasteiger partial charge >= 0.3 is 0 Å². The first kappa shape index (κ1) is 14.2. The standard InChI is InChI=1S/C15H21N5O/c1-12-5-18-20(8-12)11-15-10-19(3-4-21-15)9-14-7-16-13(2)6-17-14/h5-8,15H,3-4,9-11H2,1-2H3/t15-/m0/s1. The summed E-state index contributed by atoms with van der Waals surface area (Å²) >= 11 is 0. The van der Waals surface area contributed by atoms with E-state index in [1.807, 2.05) is 43.3 Å². The lowest BCUT2D eigenvalue weighted by Gasteiger charge is -2.32. The minimum Gasteiger partial charge on any atom is -0.374 e. The van der Waals surface area contributed by atoms with Gasteiger partial charge in [0.25, 0.3) is 0 Å². The molecule has 0 spiro atoms. The van der Waals surface area contributed by atoms with Gasteiger partial charge < -0.3 is 4.74 Å². The Morgan fingerprint density at radius 2 is 2.14 bits per heavy atom. The molecule has 0 aromatic carbocycles. The maximum Gasteiger partial charge on any atom is 0.0898 e. The molecule has 0 amide bonds. The molecule has 0 saturated carbocycles. The third-order valence-corrected chi connectivity index (χ3v) is 3.60.